The van der Waals surface area contributed by atoms with Crippen LogP contribution in [0.2, 0.25) is 0 Å². The summed E-state index contributed by atoms with van der Waals surface area (Å²) < 4.78 is 2.14. The van der Waals surface area contributed by atoms with Gasteiger partial charge in [-0.15, -0.1) is 0 Å². The minimum Gasteiger partial charge on any atom is -0.350 e. The molecule has 0 aliphatic rings. The Balaban J connectivity index is 2.41. The lowest BCUT2D eigenvalue weighted by molar-refractivity contribution is 0.446. The van der Waals surface area contributed by atoms with Crippen molar-refractivity contribution in [2.24, 2.45) is 24.4 Å². The first kappa shape index (κ1) is 12.1. The molecule has 92 valence electrons. The van der Waals surface area contributed by atoms with E-state index in [-0.39, 0.29) is 6.04 Å². The molecule has 0 bridgehead atoms. The van der Waals surface area contributed by atoms with Crippen molar-refractivity contribution < 1.29 is 0 Å². The second-order valence-corrected chi connectivity index (χ2v) is 4.79. The zero-order valence-corrected chi connectivity index (χ0v) is 10.6. The predicted molar refractivity (Wildman–Crippen MR) is 72.7 cm³/mol. The SMILES string of the molecule is CC(CCN)C(N)c1cn(C)c2ccccc12. The number of rotatable bonds is 4. The fourth-order valence-corrected chi connectivity index (χ4v) is 2.39. The summed E-state index contributed by atoms with van der Waals surface area (Å²) in [5.74, 6) is 0.408. The van der Waals surface area contributed by atoms with Crippen LogP contribution in [0.4, 0.5) is 0 Å². The van der Waals surface area contributed by atoms with Gasteiger partial charge in [-0.2, -0.15) is 0 Å². The summed E-state index contributed by atoms with van der Waals surface area (Å²) in [7, 11) is 2.06. The van der Waals surface area contributed by atoms with Crippen molar-refractivity contribution in [1.29, 1.82) is 0 Å². The monoisotopic (exact) mass is 231 g/mol. The number of hydrogen-bond acceptors (Lipinski definition) is 2. The molecule has 1 aromatic carbocycles. The third kappa shape index (κ3) is 2.21. The zero-order valence-electron chi connectivity index (χ0n) is 10.6. The van der Waals surface area contributed by atoms with Crippen LogP contribution in [0.3, 0.4) is 0 Å². The highest BCUT2D eigenvalue weighted by Gasteiger charge is 2.18. The number of nitrogens with two attached hydrogens (primary N) is 2. The van der Waals surface area contributed by atoms with Gasteiger partial charge >= 0.3 is 0 Å². The molecule has 2 unspecified atom stereocenters. The van der Waals surface area contributed by atoms with E-state index in [1.807, 2.05) is 0 Å². The van der Waals surface area contributed by atoms with Gasteiger partial charge in [0.25, 0.3) is 0 Å². The molecule has 17 heavy (non-hydrogen) atoms. The molecular formula is C14H21N3. The van der Waals surface area contributed by atoms with Crippen molar-refractivity contribution in [3.8, 4) is 0 Å². The first-order chi connectivity index (χ1) is 8.15. The second kappa shape index (κ2) is 4.90. The highest BCUT2D eigenvalue weighted by molar-refractivity contribution is 5.84. The van der Waals surface area contributed by atoms with Gasteiger partial charge in [-0.05, 0) is 30.5 Å². The third-order valence-electron chi connectivity index (χ3n) is 3.52. The number of fused-ring (bicyclic) bond motifs is 1. The lowest BCUT2D eigenvalue weighted by Gasteiger charge is -2.18. The van der Waals surface area contributed by atoms with E-state index in [1.165, 1.54) is 16.5 Å². The maximum absolute atomic E-state index is 6.34. The van der Waals surface area contributed by atoms with Crippen molar-refractivity contribution in [3.05, 3.63) is 36.0 Å². The fourth-order valence-electron chi connectivity index (χ4n) is 2.39. The maximum atomic E-state index is 6.34. The van der Waals surface area contributed by atoms with Crippen LogP contribution < -0.4 is 11.5 Å². The van der Waals surface area contributed by atoms with E-state index in [1.54, 1.807) is 0 Å². The Kier molecular flexibility index (Phi) is 3.50. The summed E-state index contributed by atoms with van der Waals surface area (Å²) in [6.07, 6.45) is 3.10. The first-order valence-corrected chi connectivity index (χ1v) is 6.14. The first-order valence-electron chi connectivity index (χ1n) is 6.14. The van der Waals surface area contributed by atoms with Crippen molar-refractivity contribution in [2.75, 3.05) is 6.54 Å². The average Bonchev–Trinajstić information content (AvgIpc) is 2.67. The van der Waals surface area contributed by atoms with E-state index in [4.69, 9.17) is 11.5 Å². The molecule has 0 aliphatic carbocycles. The van der Waals surface area contributed by atoms with Gasteiger partial charge in [-0.3, -0.25) is 0 Å². The Morgan fingerprint density at radius 3 is 2.71 bits per heavy atom. The quantitative estimate of drug-likeness (QED) is 0.847. The molecule has 2 atom stereocenters. The van der Waals surface area contributed by atoms with Crippen LogP contribution in [0.25, 0.3) is 10.9 Å². The Morgan fingerprint density at radius 1 is 1.29 bits per heavy atom. The molecule has 1 heterocycles. The minimum atomic E-state index is 0.0599. The van der Waals surface area contributed by atoms with Gasteiger partial charge < -0.3 is 16.0 Å². The van der Waals surface area contributed by atoms with Crippen molar-refractivity contribution in [3.63, 3.8) is 0 Å². The van der Waals surface area contributed by atoms with Gasteiger partial charge in [0.05, 0.1) is 0 Å². The molecule has 0 aliphatic heterocycles. The minimum absolute atomic E-state index is 0.0599. The topological polar surface area (TPSA) is 57.0 Å². The Hall–Kier alpha value is -1.32. The van der Waals surface area contributed by atoms with Crippen molar-refractivity contribution in [2.45, 2.75) is 19.4 Å². The van der Waals surface area contributed by atoms with E-state index >= 15 is 0 Å². The van der Waals surface area contributed by atoms with Crippen LogP contribution in [-0.4, -0.2) is 11.1 Å². The lowest BCUT2D eigenvalue weighted by Crippen LogP contribution is -2.21. The molecule has 3 heteroatoms. The third-order valence-corrected chi connectivity index (χ3v) is 3.52. The molecule has 0 saturated carbocycles. The number of para-hydroxylation sites is 1. The molecule has 0 spiro atoms. The van der Waals surface area contributed by atoms with Crippen LogP contribution in [0.5, 0.6) is 0 Å². The summed E-state index contributed by atoms with van der Waals surface area (Å²) >= 11 is 0. The van der Waals surface area contributed by atoms with E-state index in [2.05, 4.69) is 49.0 Å². The fraction of sp³-hybridized carbons (Fsp3) is 0.429. The second-order valence-electron chi connectivity index (χ2n) is 4.79. The summed E-state index contributed by atoms with van der Waals surface area (Å²) in [4.78, 5) is 0. The van der Waals surface area contributed by atoms with Crippen LogP contribution in [0.15, 0.2) is 30.5 Å². The van der Waals surface area contributed by atoms with E-state index < -0.39 is 0 Å². The van der Waals surface area contributed by atoms with Gasteiger partial charge in [-0.1, -0.05) is 25.1 Å². The summed E-state index contributed by atoms with van der Waals surface area (Å²) in [6, 6.07) is 8.44. The largest absolute Gasteiger partial charge is 0.350 e. The van der Waals surface area contributed by atoms with E-state index in [0.717, 1.165) is 6.42 Å². The molecule has 0 saturated heterocycles. The van der Waals surface area contributed by atoms with Gasteiger partial charge in [0.2, 0.25) is 0 Å². The molecule has 0 amide bonds. The van der Waals surface area contributed by atoms with Gasteiger partial charge in [0.1, 0.15) is 0 Å². The van der Waals surface area contributed by atoms with E-state index in [9.17, 15) is 0 Å². The van der Waals surface area contributed by atoms with Gasteiger partial charge in [0, 0.05) is 30.2 Å². The summed E-state index contributed by atoms with van der Waals surface area (Å²) in [6.45, 7) is 2.86. The van der Waals surface area contributed by atoms with Gasteiger partial charge in [-0.25, -0.2) is 0 Å². The Morgan fingerprint density at radius 2 is 2.00 bits per heavy atom. The molecule has 0 radical (unpaired) electrons. The lowest BCUT2D eigenvalue weighted by atomic mass is 9.92. The van der Waals surface area contributed by atoms with Gasteiger partial charge in [0.15, 0.2) is 0 Å². The van der Waals surface area contributed by atoms with Crippen LogP contribution in [-0.2, 0) is 7.05 Å². The molecule has 1 aromatic heterocycles. The van der Waals surface area contributed by atoms with Crippen molar-refractivity contribution in [1.82, 2.24) is 4.57 Å². The molecule has 2 rings (SSSR count). The van der Waals surface area contributed by atoms with Crippen LogP contribution >= 0.6 is 0 Å². The van der Waals surface area contributed by atoms with Crippen molar-refractivity contribution >= 4 is 10.9 Å². The molecule has 4 N–H and O–H groups in total. The Labute approximate surface area is 102 Å². The molecule has 3 nitrogen and oxygen atoms in total. The van der Waals surface area contributed by atoms with Crippen LogP contribution in [0, 0.1) is 5.92 Å². The highest BCUT2D eigenvalue weighted by atomic mass is 14.9. The zero-order chi connectivity index (χ0) is 12.4. The molecule has 0 fully saturated rings. The number of aryl methyl sites for hydroxylation is 1. The van der Waals surface area contributed by atoms with Crippen LogP contribution in [0.1, 0.15) is 24.9 Å². The number of nitrogens with zero attached hydrogens (tertiary/aromatic N) is 1. The molecule has 2 aromatic rings. The summed E-state index contributed by atoms with van der Waals surface area (Å²) in [5, 5.41) is 1.26. The predicted octanol–water partition coefficient (Wildman–Crippen LogP) is 2.16. The summed E-state index contributed by atoms with van der Waals surface area (Å²) in [5.41, 5.74) is 14.4. The highest BCUT2D eigenvalue weighted by Crippen LogP contribution is 2.29. The normalized spacial score (nSPS) is 15.1. The average molecular weight is 231 g/mol. The molecular weight excluding hydrogens is 210 g/mol. The van der Waals surface area contributed by atoms with E-state index in [0.29, 0.717) is 12.5 Å². The standard InChI is InChI=1S/C14H21N3/c1-10(7-8-15)14(16)12-9-17(2)13-6-4-3-5-11(12)13/h3-6,9-10,14H,7-8,15-16H2,1-2H3. The Bertz CT molecular complexity index is 501. The number of benzene rings is 1. The number of aromatic nitrogens is 1. The maximum Gasteiger partial charge on any atom is 0.0481 e. The smallest absolute Gasteiger partial charge is 0.0481 e. The number of hydrogen-bond donors (Lipinski definition) is 2.